The quantitative estimate of drug-likeness (QED) is 0.738. The molecule has 3 N–H and O–H groups in total. The van der Waals surface area contributed by atoms with Gasteiger partial charge in [0.2, 0.25) is 0 Å². The predicted molar refractivity (Wildman–Crippen MR) is 112 cm³/mol. The number of halogens is 1. The van der Waals surface area contributed by atoms with Crippen LogP contribution in [0.4, 0.5) is 5.69 Å². The van der Waals surface area contributed by atoms with Crippen molar-refractivity contribution in [2.75, 3.05) is 5.32 Å². The van der Waals surface area contributed by atoms with Gasteiger partial charge in [-0.1, -0.05) is 44.0 Å². The maximum absolute atomic E-state index is 12.4. The molecule has 2 unspecified atom stereocenters. The summed E-state index contributed by atoms with van der Waals surface area (Å²) in [6.45, 7) is 3.36. The Balaban J connectivity index is 0.00000261. The number of nitrogens with two attached hydrogens (primary N) is 1. The Morgan fingerprint density at radius 3 is 2.63 bits per heavy atom. The molecule has 0 aliphatic heterocycles. The number of amides is 1. The second-order valence-corrected chi connectivity index (χ2v) is 7.26. The maximum atomic E-state index is 12.4. The summed E-state index contributed by atoms with van der Waals surface area (Å²) in [4.78, 5) is 12.4. The number of carbonyl (C=O) groups excluding carboxylic acids is 1. The first-order valence-electron chi connectivity index (χ1n) is 9.45. The van der Waals surface area contributed by atoms with Gasteiger partial charge in [-0.15, -0.1) is 12.4 Å². The standard InChI is InChI=1S/C22H28N2O2.ClH/c1-16-4-2-7-21(12-16)26-15-18-5-3-6-20(13-18)24-22(25)19-10-8-17(14-23)9-11-19;/h3,5-6,8-11,13,16,21H,2,4,7,12,14-15,23H2,1H3,(H,24,25);1H. The highest BCUT2D eigenvalue weighted by molar-refractivity contribution is 6.04. The fraction of sp³-hybridized carbons (Fsp3) is 0.409. The van der Waals surface area contributed by atoms with E-state index in [9.17, 15) is 4.79 Å². The topological polar surface area (TPSA) is 64.3 Å². The van der Waals surface area contributed by atoms with Gasteiger partial charge in [-0.2, -0.15) is 0 Å². The van der Waals surface area contributed by atoms with Crippen LogP contribution < -0.4 is 11.1 Å². The maximum Gasteiger partial charge on any atom is 0.255 e. The van der Waals surface area contributed by atoms with E-state index in [1.165, 1.54) is 12.8 Å². The summed E-state index contributed by atoms with van der Waals surface area (Å²) < 4.78 is 6.09. The van der Waals surface area contributed by atoms with Crippen molar-refractivity contribution < 1.29 is 9.53 Å². The molecule has 2 aromatic rings. The molecule has 1 aliphatic carbocycles. The molecule has 0 heterocycles. The second-order valence-electron chi connectivity index (χ2n) is 7.26. The summed E-state index contributed by atoms with van der Waals surface area (Å²) in [6.07, 6.45) is 5.23. The monoisotopic (exact) mass is 388 g/mol. The molecule has 0 bridgehead atoms. The first-order chi connectivity index (χ1) is 12.6. The van der Waals surface area contributed by atoms with Crippen LogP contribution in [0.3, 0.4) is 0 Å². The van der Waals surface area contributed by atoms with Crippen molar-refractivity contribution in [1.82, 2.24) is 0 Å². The molecule has 4 nitrogen and oxygen atoms in total. The summed E-state index contributed by atoms with van der Waals surface area (Å²) in [5.74, 6) is 0.637. The molecule has 2 aromatic carbocycles. The highest BCUT2D eigenvalue weighted by atomic mass is 35.5. The lowest BCUT2D eigenvalue weighted by Crippen LogP contribution is -2.21. The van der Waals surface area contributed by atoms with Crippen LogP contribution >= 0.6 is 12.4 Å². The minimum Gasteiger partial charge on any atom is -0.374 e. The number of hydrogen-bond donors (Lipinski definition) is 2. The summed E-state index contributed by atoms with van der Waals surface area (Å²) in [6, 6.07) is 15.2. The van der Waals surface area contributed by atoms with Crippen molar-refractivity contribution in [3.05, 3.63) is 65.2 Å². The normalized spacial score (nSPS) is 19.2. The molecule has 1 amide bonds. The molecule has 0 saturated heterocycles. The van der Waals surface area contributed by atoms with Crippen molar-refractivity contribution >= 4 is 24.0 Å². The molecular formula is C22H29ClN2O2. The van der Waals surface area contributed by atoms with Gasteiger partial charge in [-0.25, -0.2) is 0 Å². The number of carbonyl (C=O) groups is 1. The van der Waals surface area contributed by atoms with E-state index in [1.807, 2.05) is 36.4 Å². The zero-order valence-electron chi connectivity index (χ0n) is 15.8. The number of anilines is 1. The van der Waals surface area contributed by atoms with E-state index in [1.54, 1.807) is 12.1 Å². The van der Waals surface area contributed by atoms with Crippen LogP contribution in [-0.4, -0.2) is 12.0 Å². The van der Waals surface area contributed by atoms with E-state index in [0.717, 1.165) is 35.6 Å². The molecule has 1 aliphatic rings. The van der Waals surface area contributed by atoms with Gasteiger partial charge in [-0.3, -0.25) is 4.79 Å². The average molecular weight is 389 g/mol. The molecule has 1 saturated carbocycles. The lowest BCUT2D eigenvalue weighted by molar-refractivity contribution is 0.00468. The second kappa shape index (κ2) is 10.5. The largest absolute Gasteiger partial charge is 0.374 e. The van der Waals surface area contributed by atoms with Crippen LogP contribution in [0.25, 0.3) is 0 Å². The number of rotatable bonds is 6. The number of benzene rings is 2. The summed E-state index contributed by atoms with van der Waals surface area (Å²) in [5, 5.41) is 2.96. The third-order valence-corrected chi connectivity index (χ3v) is 5.01. The first kappa shape index (κ1) is 21.4. The third kappa shape index (κ3) is 6.35. The van der Waals surface area contributed by atoms with E-state index in [4.69, 9.17) is 10.5 Å². The fourth-order valence-electron chi connectivity index (χ4n) is 3.48. The van der Waals surface area contributed by atoms with Gasteiger partial charge in [0.25, 0.3) is 5.91 Å². The van der Waals surface area contributed by atoms with Gasteiger partial charge >= 0.3 is 0 Å². The zero-order chi connectivity index (χ0) is 18.4. The van der Waals surface area contributed by atoms with Crippen LogP contribution in [0, 0.1) is 5.92 Å². The van der Waals surface area contributed by atoms with Gasteiger partial charge in [0.05, 0.1) is 12.7 Å². The Kier molecular flexibility index (Phi) is 8.29. The Morgan fingerprint density at radius 2 is 1.93 bits per heavy atom. The van der Waals surface area contributed by atoms with Crippen LogP contribution in [0.15, 0.2) is 48.5 Å². The Bertz CT molecular complexity index is 733. The molecule has 0 spiro atoms. The highest BCUT2D eigenvalue weighted by Gasteiger charge is 2.19. The SMILES string of the molecule is CC1CCCC(OCc2cccc(NC(=O)c3ccc(CN)cc3)c2)C1.Cl. The predicted octanol–water partition coefficient (Wildman–Crippen LogP) is 4.91. The van der Waals surface area contributed by atoms with E-state index < -0.39 is 0 Å². The smallest absolute Gasteiger partial charge is 0.255 e. The van der Waals surface area contributed by atoms with Crippen molar-refractivity contribution in [2.45, 2.75) is 51.9 Å². The van der Waals surface area contributed by atoms with Crippen LogP contribution in [0.5, 0.6) is 0 Å². The first-order valence-corrected chi connectivity index (χ1v) is 9.45. The molecule has 2 atom stereocenters. The minimum absolute atomic E-state index is 0. The lowest BCUT2D eigenvalue weighted by atomic mass is 9.89. The summed E-state index contributed by atoms with van der Waals surface area (Å²) >= 11 is 0. The average Bonchev–Trinajstić information content (AvgIpc) is 2.67. The molecule has 27 heavy (non-hydrogen) atoms. The van der Waals surface area contributed by atoms with E-state index >= 15 is 0 Å². The van der Waals surface area contributed by atoms with Crippen LogP contribution in [0.2, 0.25) is 0 Å². The minimum atomic E-state index is -0.118. The van der Waals surface area contributed by atoms with Gasteiger partial charge in [0.15, 0.2) is 0 Å². The molecule has 146 valence electrons. The fourth-order valence-corrected chi connectivity index (χ4v) is 3.48. The molecule has 1 fully saturated rings. The summed E-state index contributed by atoms with van der Waals surface area (Å²) in [5.41, 5.74) is 9.10. The van der Waals surface area contributed by atoms with Crippen molar-refractivity contribution in [3.8, 4) is 0 Å². The molecular weight excluding hydrogens is 360 g/mol. The van der Waals surface area contributed by atoms with Gasteiger partial charge in [-0.05, 0) is 54.2 Å². The Morgan fingerprint density at radius 1 is 1.15 bits per heavy atom. The number of hydrogen-bond acceptors (Lipinski definition) is 3. The van der Waals surface area contributed by atoms with Gasteiger partial charge in [0.1, 0.15) is 0 Å². The molecule has 0 aromatic heterocycles. The van der Waals surface area contributed by atoms with E-state index in [-0.39, 0.29) is 18.3 Å². The number of ether oxygens (including phenoxy) is 1. The van der Waals surface area contributed by atoms with Crippen molar-refractivity contribution in [2.24, 2.45) is 11.7 Å². The molecule has 5 heteroatoms. The Labute approximate surface area is 167 Å². The van der Waals surface area contributed by atoms with E-state index in [0.29, 0.717) is 24.8 Å². The zero-order valence-corrected chi connectivity index (χ0v) is 16.6. The van der Waals surface area contributed by atoms with Gasteiger partial charge in [0, 0.05) is 17.8 Å². The molecule has 0 radical (unpaired) electrons. The third-order valence-electron chi connectivity index (χ3n) is 5.01. The van der Waals surface area contributed by atoms with Gasteiger partial charge < -0.3 is 15.8 Å². The van der Waals surface area contributed by atoms with Crippen molar-refractivity contribution in [1.29, 1.82) is 0 Å². The van der Waals surface area contributed by atoms with Crippen molar-refractivity contribution in [3.63, 3.8) is 0 Å². The van der Waals surface area contributed by atoms with E-state index in [2.05, 4.69) is 12.2 Å². The molecule has 3 rings (SSSR count). The Hall–Kier alpha value is -1.88. The lowest BCUT2D eigenvalue weighted by Gasteiger charge is -2.26. The van der Waals surface area contributed by atoms with Crippen LogP contribution in [0.1, 0.15) is 54.1 Å². The highest BCUT2D eigenvalue weighted by Crippen LogP contribution is 2.26. The number of nitrogens with one attached hydrogen (secondary N) is 1. The van der Waals surface area contributed by atoms with Crippen LogP contribution in [-0.2, 0) is 17.9 Å². The summed E-state index contributed by atoms with van der Waals surface area (Å²) in [7, 11) is 0.